The molecule has 0 amide bonds. The van der Waals surface area contributed by atoms with E-state index in [4.69, 9.17) is 0 Å². The number of hydrogen-bond acceptors (Lipinski definition) is 6. The fourth-order valence-corrected chi connectivity index (χ4v) is 2.29. The van der Waals surface area contributed by atoms with Crippen molar-refractivity contribution in [1.29, 1.82) is 0 Å². The molecule has 1 saturated heterocycles. The van der Waals surface area contributed by atoms with Crippen LogP contribution in [0.15, 0.2) is 5.38 Å². The second kappa shape index (κ2) is 4.59. The second-order valence-corrected chi connectivity index (χ2v) is 3.91. The van der Waals surface area contributed by atoms with Crippen molar-refractivity contribution in [2.45, 2.75) is 0 Å². The number of nitrogens with zero attached hydrogens (tertiary/aromatic N) is 2. The number of ether oxygens (including phenoxy) is 1. The topological polar surface area (TPSA) is 54.5 Å². The predicted molar refractivity (Wildman–Crippen MR) is 58.5 cm³/mol. The number of nitrogens with one attached hydrogen (secondary N) is 1. The summed E-state index contributed by atoms with van der Waals surface area (Å²) < 4.78 is 8.76. The predicted octanol–water partition coefficient (Wildman–Crippen LogP) is 0.339. The van der Waals surface area contributed by atoms with Crippen molar-refractivity contribution in [1.82, 2.24) is 9.69 Å². The van der Waals surface area contributed by atoms with E-state index in [0.29, 0.717) is 5.69 Å². The third-order valence-corrected chi connectivity index (χ3v) is 3.00. The van der Waals surface area contributed by atoms with Gasteiger partial charge in [0.25, 0.3) is 0 Å². The Morgan fingerprint density at radius 3 is 3.00 bits per heavy atom. The molecule has 1 aromatic rings. The Hall–Kier alpha value is -1.14. The van der Waals surface area contributed by atoms with E-state index in [0.717, 1.165) is 31.9 Å². The summed E-state index contributed by atoms with van der Waals surface area (Å²) in [7, 11) is 1.38. The van der Waals surface area contributed by atoms with Crippen LogP contribution in [0.25, 0.3) is 0 Å². The molecule has 2 rings (SSSR count). The number of anilines is 1. The summed E-state index contributed by atoms with van der Waals surface area (Å²) in [5, 5.41) is 5.16. The molecular weight excluding hydrogens is 214 g/mol. The Bertz CT molecular complexity index is 347. The maximum atomic E-state index is 11.4. The average molecular weight is 227 g/mol. The monoisotopic (exact) mass is 227 g/mol. The first-order valence-corrected chi connectivity index (χ1v) is 5.65. The van der Waals surface area contributed by atoms with E-state index in [1.807, 2.05) is 5.38 Å². The number of rotatable bonds is 2. The Morgan fingerprint density at radius 1 is 1.60 bits per heavy atom. The van der Waals surface area contributed by atoms with Crippen molar-refractivity contribution in [3.05, 3.63) is 11.1 Å². The van der Waals surface area contributed by atoms with Gasteiger partial charge in [-0.1, -0.05) is 0 Å². The van der Waals surface area contributed by atoms with Crippen LogP contribution in [0.3, 0.4) is 0 Å². The van der Waals surface area contributed by atoms with E-state index in [-0.39, 0.29) is 5.97 Å². The summed E-state index contributed by atoms with van der Waals surface area (Å²) in [5.74, 6) is -0.357. The van der Waals surface area contributed by atoms with E-state index < -0.39 is 0 Å². The van der Waals surface area contributed by atoms with Gasteiger partial charge in [-0.05, 0) is 11.5 Å². The van der Waals surface area contributed by atoms with Crippen molar-refractivity contribution in [3.63, 3.8) is 0 Å². The summed E-state index contributed by atoms with van der Waals surface area (Å²) in [4.78, 5) is 13.6. The normalized spacial score (nSPS) is 16.5. The third-order valence-electron chi connectivity index (χ3n) is 2.39. The van der Waals surface area contributed by atoms with Gasteiger partial charge >= 0.3 is 5.97 Å². The highest BCUT2D eigenvalue weighted by molar-refractivity contribution is 7.04. The van der Waals surface area contributed by atoms with Crippen LogP contribution in [0.5, 0.6) is 0 Å². The fraction of sp³-hybridized carbons (Fsp3) is 0.556. The standard InChI is InChI=1S/C9H13N3O2S/c1-14-9(13)8-7(6-15-11-8)12-4-2-10-3-5-12/h6,10H,2-5H2,1H3. The first-order valence-electron chi connectivity index (χ1n) is 4.81. The van der Waals surface area contributed by atoms with Gasteiger partial charge < -0.3 is 15.0 Å². The van der Waals surface area contributed by atoms with Crippen LogP contribution in [-0.2, 0) is 4.74 Å². The Kier molecular flexibility index (Phi) is 3.17. The highest BCUT2D eigenvalue weighted by atomic mass is 32.1. The van der Waals surface area contributed by atoms with Gasteiger partial charge in [-0.3, -0.25) is 0 Å². The second-order valence-electron chi connectivity index (χ2n) is 3.28. The summed E-state index contributed by atoms with van der Waals surface area (Å²) in [6.07, 6.45) is 0. The van der Waals surface area contributed by atoms with Crippen LogP contribution in [0.1, 0.15) is 10.5 Å². The van der Waals surface area contributed by atoms with Crippen molar-refractivity contribution in [2.24, 2.45) is 0 Å². The minimum Gasteiger partial charge on any atom is -0.464 e. The number of carbonyl (C=O) groups is 1. The van der Waals surface area contributed by atoms with Crippen molar-refractivity contribution >= 4 is 23.2 Å². The molecule has 0 unspecified atom stereocenters. The SMILES string of the molecule is COC(=O)c1nscc1N1CCNCC1. The van der Waals surface area contributed by atoms with Gasteiger partial charge in [0.15, 0.2) is 5.69 Å². The van der Waals surface area contributed by atoms with Gasteiger partial charge in [0, 0.05) is 31.6 Å². The van der Waals surface area contributed by atoms with Crippen LogP contribution >= 0.6 is 11.5 Å². The minimum atomic E-state index is -0.357. The molecule has 1 fully saturated rings. The van der Waals surface area contributed by atoms with Gasteiger partial charge in [-0.2, -0.15) is 4.37 Å². The van der Waals surface area contributed by atoms with E-state index in [2.05, 4.69) is 19.3 Å². The molecular formula is C9H13N3O2S. The lowest BCUT2D eigenvalue weighted by Gasteiger charge is -2.28. The largest absolute Gasteiger partial charge is 0.464 e. The highest BCUT2D eigenvalue weighted by Gasteiger charge is 2.21. The average Bonchev–Trinajstić information content (AvgIpc) is 2.78. The van der Waals surface area contributed by atoms with Crippen LogP contribution in [0.4, 0.5) is 5.69 Å². The van der Waals surface area contributed by atoms with Crippen LogP contribution in [0, 0.1) is 0 Å². The maximum Gasteiger partial charge on any atom is 0.359 e. The number of hydrogen-bond donors (Lipinski definition) is 1. The molecule has 1 N–H and O–H groups in total. The molecule has 1 aliphatic heterocycles. The van der Waals surface area contributed by atoms with Crippen LogP contribution in [0.2, 0.25) is 0 Å². The molecule has 15 heavy (non-hydrogen) atoms. The van der Waals surface area contributed by atoms with Crippen LogP contribution < -0.4 is 10.2 Å². The highest BCUT2D eigenvalue weighted by Crippen LogP contribution is 2.22. The van der Waals surface area contributed by atoms with Gasteiger partial charge in [0.2, 0.25) is 0 Å². The molecule has 1 aliphatic rings. The zero-order chi connectivity index (χ0) is 10.7. The van der Waals surface area contributed by atoms with E-state index >= 15 is 0 Å². The number of carbonyl (C=O) groups excluding carboxylic acids is 1. The first-order chi connectivity index (χ1) is 7.33. The third kappa shape index (κ3) is 2.10. The molecule has 0 spiro atoms. The fourth-order valence-electron chi connectivity index (χ4n) is 1.60. The van der Waals surface area contributed by atoms with Crippen molar-refractivity contribution in [2.75, 3.05) is 38.2 Å². The molecule has 6 heteroatoms. The molecule has 2 heterocycles. The van der Waals surface area contributed by atoms with Gasteiger partial charge in [0.05, 0.1) is 12.8 Å². The van der Waals surface area contributed by atoms with Crippen molar-refractivity contribution < 1.29 is 9.53 Å². The smallest absolute Gasteiger partial charge is 0.359 e. The molecule has 0 aromatic carbocycles. The molecule has 0 aliphatic carbocycles. The number of piperazine rings is 1. The quantitative estimate of drug-likeness (QED) is 0.738. The Labute approximate surface area is 92.2 Å². The van der Waals surface area contributed by atoms with Gasteiger partial charge in [-0.15, -0.1) is 0 Å². The molecule has 0 radical (unpaired) electrons. The summed E-state index contributed by atoms with van der Waals surface area (Å²) in [6, 6.07) is 0. The lowest BCUT2D eigenvalue weighted by molar-refractivity contribution is 0.0596. The first kappa shape index (κ1) is 10.4. The molecule has 82 valence electrons. The summed E-state index contributed by atoms with van der Waals surface area (Å²) in [6.45, 7) is 3.69. The summed E-state index contributed by atoms with van der Waals surface area (Å²) >= 11 is 1.29. The summed E-state index contributed by atoms with van der Waals surface area (Å²) in [5.41, 5.74) is 1.33. The Balaban J connectivity index is 2.19. The maximum absolute atomic E-state index is 11.4. The lowest BCUT2D eigenvalue weighted by atomic mass is 10.3. The molecule has 5 nitrogen and oxygen atoms in total. The zero-order valence-electron chi connectivity index (χ0n) is 8.52. The number of methoxy groups -OCH3 is 1. The van der Waals surface area contributed by atoms with E-state index in [1.54, 1.807) is 0 Å². The van der Waals surface area contributed by atoms with Gasteiger partial charge in [-0.25, -0.2) is 4.79 Å². The number of esters is 1. The minimum absolute atomic E-state index is 0.357. The van der Waals surface area contributed by atoms with E-state index in [1.165, 1.54) is 18.6 Å². The molecule has 0 atom stereocenters. The molecule has 0 bridgehead atoms. The zero-order valence-corrected chi connectivity index (χ0v) is 9.34. The lowest BCUT2D eigenvalue weighted by Crippen LogP contribution is -2.43. The molecule has 1 aromatic heterocycles. The van der Waals surface area contributed by atoms with Crippen molar-refractivity contribution in [3.8, 4) is 0 Å². The molecule has 0 saturated carbocycles. The van der Waals surface area contributed by atoms with E-state index in [9.17, 15) is 4.79 Å². The number of aromatic nitrogens is 1. The van der Waals surface area contributed by atoms with Gasteiger partial charge in [0.1, 0.15) is 0 Å². The Morgan fingerprint density at radius 2 is 2.33 bits per heavy atom. The van der Waals surface area contributed by atoms with Crippen LogP contribution in [-0.4, -0.2) is 43.6 Å².